The SMILES string of the molecule is COc1ccc(S(=O)(=O)N2CCC(C(=O)NCc3ccc(C)cc3)CC2)cc1OC. The number of rotatable bonds is 7. The molecule has 1 aliphatic rings. The molecular weight excluding hydrogens is 404 g/mol. The van der Waals surface area contributed by atoms with Crippen molar-refractivity contribution in [1.82, 2.24) is 9.62 Å². The largest absolute Gasteiger partial charge is 0.493 e. The quantitative estimate of drug-likeness (QED) is 0.727. The van der Waals surface area contributed by atoms with Crippen LogP contribution in [0.15, 0.2) is 47.4 Å². The third-order valence-electron chi connectivity index (χ3n) is 5.40. The van der Waals surface area contributed by atoms with Crippen molar-refractivity contribution in [2.75, 3.05) is 27.3 Å². The van der Waals surface area contributed by atoms with Crippen LogP contribution in [0.5, 0.6) is 11.5 Å². The lowest BCUT2D eigenvalue weighted by molar-refractivity contribution is -0.126. The average molecular weight is 433 g/mol. The molecule has 1 amide bonds. The highest BCUT2D eigenvalue weighted by molar-refractivity contribution is 7.89. The van der Waals surface area contributed by atoms with Crippen LogP contribution in [0.1, 0.15) is 24.0 Å². The second-order valence-corrected chi connectivity index (χ2v) is 9.34. The number of carbonyl (C=O) groups excluding carboxylic acids is 1. The Labute approximate surface area is 178 Å². The number of methoxy groups -OCH3 is 2. The van der Waals surface area contributed by atoms with Gasteiger partial charge >= 0.3 is 0 Å². The van der Waals surface area contributed by atoms with Gasteiger partial charge in [-0.15, -0.1) is 0 Å². The molecule has 30 heavy (non-hydrogen) atoms. The van der Waals surface area contributed by atoms with Crippen LogP contribution in [-0.4, -0.2) is 45.9 Å². The van der Waals surface area contributed by atoms with Crippen molar-refractivity contribution >= 4 is 15.9 Å². The van der Waals surface area contributed by atoms with Crippen molar-refractivity contribution in [2.24, 2.45) is 5.92 Å². The van der Waals surface area contributed by atoms with Crippen LogP contribution >= 0.6 is 0 Å². The first kappa shape index (κ1) is 22.1. The van der Waals surface area contributed by atoms with Crippen LogP contribution in [0.3, 0.4) is 0 Å². The molecule has 2 aromatic rings. The summed E-state index contributed by atoms with van der Waals surface area (Å²) in [6.07, 6.45) is 0.985. The highest BCUT2D eigenvalue weighted by Gasteiger charge is 2.32. The molecule has 0 aliphatic carbocycles. The van der Waals surface area contributed by atoms with Gasteiger partial charge in [-0.2, -0.15) is 4.31 Å². The van der Waals surface area contributed by atoms with E-state index < -0.39 is 10.0 Å². The van der Waals surface area contributed by atoms with Gasteiger partial charge in [0.1, 0.15) is 0 Å². The Balaban J connectivity index is 1.58. The van der Waals surface area contributed by atoms with Gasteiger partial charge in [-0.05, 0) is 37.5 Å². The topological polar surface area (TPSA) is 84.9 Å². The summed E-state index contributed by atoms with van der Waals surface area (Å²) in [4.78, 5) is 12.7. The van der Waals surface area contributed by atoms with Crippen molar-refractivity contribution in [2.45, 2.75) is 31.2 Å². The van der Waals surface area contributed by atoms with E-state index in [1.807, 2.05) is 31.2 Å². The molecule has 0 unspecified atom stereocenters. The number of piperidine rings is 1. The number of nitrogens with zero attached hydrogens (tertiary/aromatic N) is 1. The summed E-state index contributed by atoms with van der Waals surface area (Å²) in [6.45, 7) is 3.11. The minimum atomic E-state index is -3.66. The molecule has 1 heterocycles. The van der Waals surface area contributed by atoms with Crippen LogP contribution in [0.2, 0.25) is 0 Å². The minimum absolute atomic E-state index is 0.0289. The molecule has 3 rings (SSSR count). The normalized spacial score (nSPS) is 15.6. The molecule has 1 aliphatic heterocycles. The minimum Gasteiger partial charge on any atom is -0.493 e. The molecule has 0 atom stereocenters. The highest BCUT2D eigenvalue weighted by atomic mass is 32.2. The van der Waals surface area contributed by atoms with Gasteiger partial charge in [-0.25, -0.2) is 8.42 Å². The maximum atomic E-state index is 13.0. The van der Waals surface area contributed by atoms with E-state index in [9.17, 15) is 13.2 Å². The van der Waals surface area contributed by atoms with Crippen molar-refractivity contribution in [3.8, 4) is 11.5 Å². The fraction of sp³-hybridized carbons (Fsp3) is 0.409. The lowest BCUT2D eigenvalue weighted by atomic mass is 9.97. The van der Waals surface area contributed by atoms with Gasteiger partial charge in [0.05, 0.1) is 19.1 Å². The van der Waals surface area contributed by atoms with Crippen molar-refractivity contribution in [1.29, 1.82) is 0 Å². The molecule has 0 bridgehead atoms. The van der Waals surface area contributed by atoms with Gasteiger partial charge in [-0.1, -0.05) is 29.8 Å². The maximum Gasteiger partial charge on any atom is 0.243 e. The van der Waals surface area contributed by atoms with E-state index in [0.29, 0.717) is 44.0 Å². The number of amides is 1. The number of hydrogen-bond donors (Lipinski definition) is 1. The van der Waals surface area contributed by atoms with Crippen molar-refractivity contribution < 1.29 is 22.7 Å². The number of aryl methyl sites for hydroxylation is 1. The van der Waals surface area contributed by atoms with Crippen LogP contribution in [-0.2, 0) is 21.4 Å². The number of carbonyl (C=O) groups is 1. The zero-order valence-corrected chi connectivity index (χ0v) is 18.4. The predicted molar refractivity (Wildman–Crippen MR) is 114 cm³/mol. The Kier molecular flexibility index (Phi) is 6.99. The molecule has 0 radical (unpaired) electrons. The standard InChI is InChI=1S/C22H28N2O5S/c1-16-4-6-17(7-5-16)15-23-22(25)18-10-12-24(13-11-18)30(26,27)19-8-9-20(28-2)21(14-19)29-3/h4-9,14,18H,10-13,15H2,1-3H3,(H,23,25). The summed E-state index contributed by atoms with van der Waals surface area (Å²) in [5.41, 5.74) is 2.22. The number of nitrogens with one attached hydrogen (secondary N) is 1. The van der Waals surface area contributed by atoms with Crippen molar-refractivity contribution in [3.05, 3.63) is 53.6 Å². The zero-order chi connectivity index (χ0) is 21.7. The number of ether oxygens (including phenoxy) is 2. The van der Waals surface area contributed by atoms with E-state index >= 15 is 0 Å². The van der Waals surface area contributed by atoms with Gasteiger partial charge in [0.15, 0.2) is 11.5 Å². The first-order valence-electron chi connectivity index (χ1n) is 9.90. The van der Waals surface area contributed by atoms with E-state index in [0.717, 1.165) is 5.56 Å². The van der Waals surface area contributed by atoms with E-state index in [-0.39, 0.29) is 16.7 Å². The van der Waals surface area contributed by atoms with E-state index in [4.69, 9.17) is 9.47 Å². The molecule has 1 fully saturated rings. The monoisotopic (exact) mass is 432 g/mol. The average Bonchev–Trinajstić information content (AvgIpc) is 2.78. The van der Waals surface area contributed by atoms with Crippen LogP contribution in [0, 0.1) is 12.8 Å². The lowest BCUT2D eigenvalue weighted by Crippen LogP contribution is -2.42. The fourth-order valence-electron chi connectivity index (χ4n) is 3.52. The summed E-state index contributed by atoms with van der Waals surface area (Å²) in [5.74, 6) is 0.621. The molecule has 1 saturated heterocycles. The molecule has 162 valence electrons. The van der Waals surface area contributed by atoms with Crippen LogP contribution < -0.4 is 14.8 Å². The van der Waals surface area contributed by atoms with Crippen LogP contribution in [0.25, 0.3) is 0 Å². The summed E-state index contributed by atoms with van der Waals surface area (Å²) in [6, 6.07) is 12.6. The third-order valence-corrected chi connectivity index (χ3v) is 7.30. The molecule has 7 nitrogen and oxygen atoms in total. The smallest absolute Gasteiger partial charge is 0.243 e. The molecule has 0 aromatic heterocycles. The molecule has 1 N–H and O–H groups in total. The first-order chi connectivity index (χ1) is 14.3. The van der Waals surface area contributed by atoms with Gasteiger partial charge in [-0.3, -0.25) is 4.79 Å². The Morgan fingerprint density at radius 2 is 1.67 bits per heavy atom. The molecule has 2 aromatic carbocycles. The fourth-order valence-corrected chi connectivity index (χ4v) is 5.01. The summed E-state index contributed by atoms with van der Waals surface area (Å²) < 4.78 is 37.8. The van der Waals surface area contributed by atoms with Crippen LogP contribution in [0.4, 0.5) is 0 Å². The Bertz CT molecular complexity index is 981. The van der Waals surface area contributed by atoms with Gasteiger partial charge in [0.2, 0.25) is 15.9 Å². The molecular formula is C22H28N2O5S. The van der Waals surface area contributed by atoms with E-state index in [1.54, 1.807) is 6.07 Å². The zero-order valence-electron chi connectivity index (χ0n) is 17.6. The van der Waals surface area contributed by atoms with Gasteiger partial charge in [0, 0.05) is 31.6 Å². The van der Waals surface area contributed by atoms with E-state index in [1.165, 1.54) is 36.2 Å². The second kappa shape index (κ2) is 9.49. The Morgan fingerprint density at radius 3 is 2.27 bits per heavy atom. The third kappa shape index (κ3) is 4.94. The second-order valence-electron chi connectivity index (χ2n) is 7.40. The summed E-state index contributed by atoms with van der Waals surface area (Å²) >= 11 is 0. The van der Waals surface area contributed by atoms with Gasteiger partial charge in [0.25, 0.3) is 0 Å². The Hall–Kier alpha value is -2.58. The van der Waals surface area contributed by atoms with Gasteiger partial charge < -0.3 is 14.8 Å². The first-order valence-corrected chi connectivity index (χ1v) is 11.3. The highest BCUT2D eigenvalue weighted by Crippen LogP contribution is 2.32. The maximum absolute atomic E-state index is 13.0. The number of hydrogen-bond acceptors (Lipinski definition) is 5. The summed E-state index contributed by atoms with van der Waals surface area (Å²) in [7, 11) is -0.694. The van der Waals surface area contributed by atoms with Crippen molar-refractivity contribution in [3.63, 3.8) is 0 Å². The molecule has 0 spiro atoms. The molecule has 8 heteroatoms. The predicted octanol–water partition coefficient (Wildman–Crippen LogP) is 2.73. The van der Waals surface area contributed by atoms with E-state index in [2.05, 4.69) is 5.32 Å². The summed E-state index contributed by atoms with van der Waals surface area (Å²) in [5, 5.41) is 2.96. The molecule has 0 saturated carbocycles. The lowest BCUT2D eigenvalue weighted by Gasteiger charge is -2.30. The number of benzene rings is 2. The number of sulfonamides is 1. The Morgan fingerprint density at radius 1 is 1.03 bits per heavy atom.